The average molecular weight is 349 g/mol. The standard InChI is InChI=1S/C15H13ClN4O2S/c1-22-14(21)12-13(16)18-15(23-12)17-9-10-7-8-20(19-10)11-5-3-2-4-6-11/h2-8H,9H2,1H3,(H,17,18). The third kappa shape index (κ3) is 3.52. The number of hydrogen-bond donors (Lipinski definition) is 1. The lowest BCUT2D eigenvalue weighted by molar-refractivity contribution is 0.0606. The molecular formula is C15H13ClN4O2S. The molecule has 0 aliphatic carbocycles. The fourth-order valence-corrected chi connectivity index (χ4v) is 3.04. The summed E-state index contributed by atoms with van der Waals surface area (Å²) >= 11 is 7.07. The number of methoxy groups -OCH3 is 1. The highest BCUT2D eigenvalue weighted by molar-refractivity contribution is 7.18. The van der Waals surface area contributed by atoms with E-state index >= 15 is 0 Å². The predicted octanol–water partition coefficient (Wildman–Crippen LogP) is 3.38. The van der Waals surface area contributed by atoms with Crippen LogP contribution in [0.3, 0.4) is 0 Å². The molecule has 6 nitrogen and oxygen atoms in total. The maximum atomic E-state index is 11.5. The zero-order valence-corrected chi connectivity index (χ0v) is 13.8. The Kier molecular flexibility index (Phi) is 4.59. The number of thiazole rings is 1. The maximum absolute atomic E-state index is 11.5. The second-order valence-electron chi connectivity index (χ2n) is 4.57. The SMILES string of the molecule is COC(=O)c1sc(NCc2ccn(-c3ccccc3)n2)nc1Cl. The van der Waals surface area contributed by atoms with Gasteiger partial charge in [0.1, 0.15) is 0 Å². The lowest BCUT2D eigenvalue weighted by Gasteiger charge is -2.01. The van der Waals surface area contributed by atoms with Crippen molar-refractivity contribution in [2.75, 3.05) is 12.4 Å². The normalized spacial score (nSPS) is 10.5. The van der Waals surface area contributed by atoms with Crippen molar-refractivity contribution in [3.63, 3.8) is 0 Å². The van der Waals surface area contributed by atoms with Crippen molar-refractivity contribution in [3.05, 3.63) is 58.3 Å². The molecule has 0 fully saturated rings. The van der Waals surface area contributed by atoms with Crippen molar-refractivity contribution in [2.24, 2.45) is 0 Å². The van der Waals surface area contributed by atoms with E-state index in [1.54, 1.807) is 4.68 Å². The van der Waals surface area contributed by atoms with E-state index < -0.39 is 5.97 Å². The Labute approximate surface area is 141 Å². The minimum Gasteiger partial charge on any atom is -0.465 e. The third-order valence-electron chi connectivity index (χ3n) is 3.04. The first-order valence-electron chi connectivity index (χ1n) is 6.76. The Hall–Kier alpha value is -2.38. The molecule has 0 aliphatic rings. The second-order valence-corrected chi connectivity index (χ2v) is 5.93. The van der Waals surface area contributed by atoms with Crippen LogP contribution in [-0.4, -0.2) is 27.8 Å². The average Bonchev–Trinajstić information content (AvgIpc) is 3.20. The lowest BCUT2D eigenvalue weighted by Crippen LogP contribution is -2.01. The Bertz CT molecular complexity index is 816. The zero-order valence-electron chi connectivity index (χ0n) is 12.2. The first-order valence-corrected chi connectivity index (χ1v) is 7.95. The van der Waals surface area contributed by atoms with E-state index in [0.29, 0.717) is 11.7 Å². The molecule has 0 amide bonds. The molecule has 118 valence electrons. The number of nitrogens with zero attached hydrogens (tertiary/aromatic N) is 3. The number of benzene rings is 1. The van der Waals surface area contributed by atoms with E-state index in [0.717, 1.165) is 22.7 Å². The minimum atomic E-state index is -0.492. The molecule has 0 atom stereocenters. The number of rotatable bonds is 5. The Morgan fingerprint density at radius 2 is 2.13 bits per heavy atom. The third-order valence-corrected chi connectivity index (χ3v) is 4.42. The predicted molar refractivity (Wildman–Crippen MR) is 89.4 cm³/mol. The number of carbonyl (C=O) groups excluding carboxylic acids is 1. The summed E-state index contributed by atoms with van der Waals surface area (Å²) in [5, 5.41) is 8.27. The van der Waals surface area contributed by atoms with Crippen LogP contribution in [0.5, 0.6) is 0 Å². The van der Waals surface area contributed by atoms with Gasteiger partial charge in [0.05, 0.1) is 25.0 Å². The number of carbonyl (C=O) groups is 1. The van der Waals surface area contributed by atoms with Gasteiger partial charge in [0.15, 0.2) is 15.2 Å². The summed E-state index contributed by atoms with van der Waals surface area (Å²) in [6.45, 7) is 0.476. The highest BCUT2D eigenvalue weighted by atomic mass is 35.5. The number of hydrogen-bond acceptors (Lipinski definition) is 6. The summed E-state index contributed by atoms with van der Waals surface area (Å²) in [5.41, 5.74) is 1.84. The Morgan fingerprint density at radius 1 is 1.35 bits per heavy atom. The number of anilines is 1. The molecule has 0 spiro atoms. The molecule has 0 bridgehead atoms. The molecule has 1 N–H and O–H groups in total. The van der Waals surface area contributed by atoms with Crippen molar-refractivity contribution in [1.82, 2.24) is 14.8 Å². The van der Waals surface area contributed by atoms with Crippen molar-refractivity contribution in [1.29, 1.82) is 0 Å². The number of halogens is 1. The molecule has 1 aromatic carbocycles. The quantitative estimate of drug-likeness (QED) is 0.716. The number of esters is 1. The van der Waals surface area contributed by atoms with Gasteiger partial charge in [0.2, 0.25) is 0 Å². The number of nitrogens with one attached hydrogen (secondary N) is 1. The first-order chi connectivity index (χ1) is 11.2. The molecular weight excluding hydrogens is 336 g/mol. The van der Waals surface area contributed by atoms with Gasteiger partial charge in [-0.25, -0.2) is 14.5 Å². The molecule has 0 aliphatic heterocycles. The summed E-state index contributed by atoms with van der Waals surface area (Å²) in [4.78, 5) is 15.9. The van der Waals surface area contributed by atoms with Gasteiger partial charge in [-0.2, -0.15) is 5.10 Å². The lowest BCUT2D eigenvalue weighted by atomic mass is 10.3. The summed E-state index contributed by atoms with van der Waals surface area (Å²) in [6.07, 6.45) is 1.89. The molecule has 0 saturated carbocycles. The van der Waals surface area contributed by atoms with Crippen LogP contribution in [-0.2, 0) is 11.3 Å². The summed E-state index contributed by atoms with van der Waals surface area (Å²) in [5.74, 6) is -0.492. The van der Waals surface area contributed by atoms with Crippen LogP contribution in [0.2, 0.25) is 5.15 Å². The van der Waals surface area contributed by atoms with Gasteiger partial charge in [-0.15, -0.1) is 0 Å². The van der Waals surface area contributed by atoms with Crippen LogP contribution >= 0.6 is 22.9 Å². The van der Waals surface area contributed by atoms with E-state index in [9.17, 15) is 4.79 Å². The smallest absolute Gasteiger partial charge is 0.351 e. The van der Waals surface area contributed by atoms with Gasteiger partial charge >= 0.3 is 5.97 Å². The fraction of sp³-hybridized carbons (Fsp3) is 0.133. The first kappa shape index (κ1) is 15.5. The van der Waals surface area contributed by atoms with E-state index in [2.05, 4.69) is 20.1 Å². The second kappa shape index (κ2) is 6.80. The van der Waals surface area contributed by atoms with Crippen LogP contribution in [0.25, 0.3) is 5.69 Å². The van der Waals surface area contributed by atoms with Crippen molar-refractivity contribution in [3.8, 4) is 5.69 Å². The highest BCUT2D eigenvalue weighted by Gasteiger charge is 2.17. The number of aromatic nitrogens is 3. The summed E-state index contributed by atoms with van der Waals surface area (Å²) in [6, 6.07) is 11.7. The van der Waals surface area contributed by atoms with Crippen molar-refractivity contribution >= 4 is 34.0 Å². The largest absolute Gasteiger partial charge is 0.465 e. The molecule has 2 heterocycles. The molecule has 0 unspecified atom stereocenters. The van der Waals surface area contributed by atoms with Gasteiger partial charge in [-0.05, 0) is 18.2 Å². The van der Waals surface area contributed by atoms with E-state index in [4.69, 9.17) is 11.6 Å². The van der Waals surface area contributed by atoms with Crippen LogP contribution < -0.4 is 5.32 Å². The van der Waals surface area contributed by atoms with E-state index in [1.165, 1.54) is 7.11 Å². The minimum absolute atomic E-state index is 0.138. The van der Waals surface area contributed by atoms with Gasteiger partial charge in [0, 0.05) is 6.20 Å². The van der Waals surface area contributed by atoms with Gasteiger partial charge in [0.25, 0.3) is 0 Å². The molecule has 0 radical (unpaired) electrons. The molecule has 0 saturated heterocycles. The molecule has 3 aromatic rings. The van der Waals surface area contributed by atoms with Crippen LogP contribution in [0.1, 0.15) is 15.4 Å². The van der Waals surface area contributed by atoms with Crippen LogP contribution in [0.15, 0.2) is 42.6 Å². The molecule has 8 heteroatoms. The van der Waals surface area contributed by atoms with E-state index in [1.807, 2.05) is 42.6 Å². The number of para-hydroxylation sites is 1. The molecule has 23 heavy (non-hydrogen) atoms. The Balaban J connectivity index is 1.67. The fourth-order valence-electron chi connectivity index (χ4n) is 1.94. The van der Waals surface area contributed by atoms with Crippen molar-refractivity contribution < 1.29 is 9.53 Å². The highest BCUT2D eigenvalue weighted by Crippen LogP contribution is 2.27. The van der Waals surface area contributed by atoms with Crippen molar-refractivity contribution in [2.45, 2.75) is 6.54 Å². The number of ether oxygens (including phenoxy) is 1. The van der Waals surface area contributed by atoms with E-state index in [-0.39, 0.29) is 10.0 Å². The molecule has 2 aromatic heterocycles. The van der Waals surface area contributed by atoms with Crippen LogP contribution in [0.4, 0.5) is 5.13 Å². The molecule has 3 rings (SSSR count). The Morgan fingerprint density at radius 3 is 2.87 bits per heavy atom. The van der Waals surface area contributed by atoms with Gasteiger partial charge in [-0.1, -0.05) is 41.1 Å². The maximum Gasteiger partial charge on any atom is 0.351 e. The monoisotopic (exact) mass is 348 g/mol. The van der Waals surface area contributed by atoms with Crippen LogP contribution in [0, 0.1) is 0 Å². The summed E-state index contributed by atoms with van der Waals surface area (Å²) < 4.78 is 6.45. The topological polar surface area (TPSA) is 69.0 Å². The van der Waals surface area contributed by atoms with Gasteiger partial charge < -0.3 is 10.1 Å². The summed E-state index contributed by atoms with van der Waals surface area (Å²) in [7, 11) is 1.31. The zero-order chi connectivity index (χ0) is 16.2. The van der Waals surface area contributed by atoms with Gasteiger partial charge in [-0.3, -0.25) is 0 Å².